The maximum absolute atomic E-state index is 12.3. The number of halogens is 1. The smallest absolute Gasteiger partial charge is 0.320 e. The van der Waals surface area contributed by atoms with Gasteiger partial charge >= 0.3 is 6.92 Å². The molecular formula is C12H15BClNO3. The molecule has 0 radical (unpaired) electrons. The number of hydrogen-bond acceptors (Lipinski definition) is 3. The quantitative estimate of drug-likeness (QED) is 0.800. The van der Waals surface area contributed by atoms with Crippen LogP contribution in [0, 0.1) is 0 Å². The lowest BCUT2D eigenvalue weighted by Gasteiger charge is -2.27. The van der Waals surface area contributed by atoms with Crippen LogP contribution < -0.4 is 5.46 Å². The van der Waals surface area contributed by atoms with Crippen LogP contribution in [0.25, 0.3) is 0 Å². The summed E-state index contributed by atoms with van der Waals surface area (Å²) >= 11 is 5.97. The highest BCUT2D eigenvalue weighted by molar-refractivity contribution is 6.65. The first kappa shape index (κ1) is 13.4. The molecule has 1 fully saturated rings. The third-order valence-electron chi connectivity index (χ3n) is 2.95. The summed E-state index contributed by atoms with van der Waals surface area (Å²) in [5.74, 6) is -0.0669. The molecule has 2 rings (SSSR count). The Morgan fingerprint density at radius 3 is 2.67 bits per heavy atom. The van der Waals surface area contributed by atoms with Gasteiger partial charge in [-0.25, -0.2) is 0 Å². The van der Waals surface area contributed by atoms with Gasteiger partial charge in [-0.2, -0.15) is 0 Å². The van der Waals surface area contributed by atoms with Gasteiger partial charge < -0.3 is 14.7 Å². The zero-order chi connectivity index (χ0) is 13.1. The molecule has 1 amide bonds. The van der Waals surface area contributed by atoms with E-state index in [0.29, 0.717) is 42.4 Å². The second-order valence-electron chi connectivity index (χ2n) is 4.35. The number of benzene rings is 1. The normalized spacial score (nSPS) is 15.6. The van der Waals surface area contributed by atoms with E-state index in [9.17, 15) is 9.82 Å². The molecule has 1 N–H and O–H groups in total. The van der Waals surface area contributed by atoms with Gasteiger partial charge in [0.1, 0.15) is 0 Å². The minimum Gasteiger partial charge on any atom is -0.446 e. The van der Waals surface area contributed by atoms with E-state index < -0.39 is 6.92 Å². The molecule has 1 saturated heterocycles. The van der Waals surface area contributed by atoms with Crippen LogP contribution in [0.3, 0.4) is 0 Å². The molecule has 0 bridgehead atoms. The van der Waals surface area contributed by atoms with Crippen molar-refractivity contribution < 1.29 is 14.6 Å². The van der Waals surface area contributed by atoms with E-state index in [0.717, 1.165) is 0 Å². The molecule has 1 heterocycles. The van der Waals surface area contributed by atoms with Crippen LogP contribution in [0.5, 0.6) is 0 Å². The van der Waals surface area contributed by atoms with Crippen LogP contribution in [0.15, 0.2) is 18.2 Å². The van der Waals surface area contributed by atoms with E-state index in [4.69, 9.17) is 16.3 Å². The number of carbonyl (C=O) groups is 1. The fraction of sp³-hybridized carbons (Fsp3) is 0.417. The summed E-state index contributed by atoms with van der Waals surface area (Å²) < 4.78 is 5.21. The second kappa shape index (κ2) is 5.74. The van der Waals surface area contributed by atoms with E-state index in [1.54, 1.807) is 29.9 Å². The molecule has 1 aromatic rings. The standard InChI is InChI=1S/C12H15BClNO3/c1-13(17)10-6-9(7-11(14)8-10)12(16)15-2-4-18-5-3-15/h6-8,17H,2-5H2,1H3. The second-order valence-corrected chi connectivity index (χ2v) is 4.79. The van der Waals surface area contributed by atoms with E-state index in [1.165, 1.54) is 0 Å². The van der Waals surface area contributed by atoms with Crippen molar-refractivity contribution in [3.05, 3.63) is 28.8 Å². The summed E-state index contributed by atoms with van der Waals surface area (Å²) in [4.78, 5) is 14.0. The Balaban J connectivity index is 2.23. The number of amides is 1. The fourth-order valence-corrected chi connectivity index (χ4v) is 2.17. The lowest BCUT2D eigenvalue weighted by Crippen LogP contribution is -2.41. The lowest BCUT2D eigenvalue weighted by molar-refractivity contribution is 0.0303. The van der Waals surface area contributed by atoms with Gasteiger partial charge in [0.2, 0.25) is 0 Å². The summed E-state index contributed by atoms with van der Waals surface area (Å²) in [5, 5.41) is 10.0. The van der Waals surface area contributed by atoms with Crippen LogP contribution >= 0.6 is 11.6 Å². The van der Waals surface area contributed by atoms with E-state index in [1.807, 2.05) is 0 Å². The van der Waals surface area contributed by atoms with Gasteiger partial charge in [-0.3, -0.25) is 4.79 Å². The highest BCUT2D eigenvalue weighted by Crippen LogP contribution is 2.13. The predicted octanol–water partition coefficient (Wildman–Crippen LogP) is 0.633. The van der Waals surface area contributed by atoms with Crippen LogP contribution in [0.4, 0.5) is 0 Å². The number of ether oxygens (including phenoxy) is 1. The van der Waals surface area contributed by atoms with Crippen LogP contribution in [-0.4, -0.2) is 49.0 Å². The number of morpholine rings is 1. The summed E-state index contributed by atoms with van der Waals surface area (Å²) in [6.07, 6.45) is 0. The number of rotatable bonds is 2. The molecule has 0 unspecified atom stereocenters. The molecule has 1 aliphatic heterocycles. The van der Waals surface area contributed by atoms with Crippen molar-refractivity contribution >= 4 is 29.9 Å². The molecule has 4 nitrogen and oxygen atoms in total. The fourth-order valence-electron chi connectivity index (χ4n) is 1.93. The molecule has 18 heavy (non-hydrogen) atoms. The maximum Gasteiger partial charge on any atom is 0.320 e. The first-order valence-electron chi connectivity index (χ1n) is 5.93. The highest BCUT2D eigenvalue weighted by Gasteiger charge is 2.20. The van der Waals surface area contributed by atoms with Gasteiger partial charge in [-0.1, -0.05) is 24.5 Å². The van der Waals surface area contributed by atoms with E-state index >= 15 is 0 Å². The number of carbonyl (C=O) groups excluding carboxylic acids is 1. The van der Waals surface area contributed by atoms with Gasteiger partial charge in [0.25, 0.3) is 5.91 Å². The first-order valence-corrected chi connectivity index (χ1v) is 6.31. The SMILES string of the molecule is CB(O)c1cc(Cl)cc(C(=O)N2CCOCC2)c1. The first-order chi connectivity index (χ1) is 8.58. The lowest BCUT2D eigenvalue weighted by atomic mass is 9.64. The Morgan fingerprint density at radius 1 is 1.39 bits per heavy atom. The molecule has 0 saturated carbocycles. The molecule has 96 valence electrons. The maximum atomic E-state index is 12.3. The number of hydrogen-bond donors (Lipinski definition) is 1. The molecule has 0 aliphatic carbocycles. The van der Waals surface area contributed by atoms with Crippen molar-refractivity contribution in [3.63, 3.8) is 0 Å². The van der Waals surface area contributed by atoms with Crippen molar-refractivity contribution in [3.8, 4) is 0 Å². The third-order valence-corrected chi connectivity index (χ3v) is 3.17. The molecule has 0 spiro atoms. The van der Waals surface area contributed by atoms with Crippen molar-refractivity contribution in [2.45, 2.75) is 6.82 Å². The van der Waals surface area contributed by atoms with Crippen LogP contribution in [0.1, 0.15) is 10.4 Å². The Kier molecular flexibility index (Phi) is 4.27. The predicted molar refractivity (Wildman–Crippen MR) is 71.6 cm³/mol. The highest BCUT2D eigenvalue weighted by atomic mass is 35.5. The average molecular weight is 268 g/mol. The van der Waals surface area contributed by atoms with Crippen molar-refractivity contribution in [2.75, 3.05) is 26.3 Å². The Labute approximate surface area is 112 Å². The molecule has 6 heteroatoms. The topological polar surface area (TPSA) is 49.8 Å². The van der Waals surface area contributed by atoms with Gasteiger partial charge in [-0.15, -0.1) is 0 Å². The molecular weight excluding hydrogens is 252 g/mol. The Hall–Kier alpha value is -1.04. The largest absolute Gasteiger partial charge is 0.446 e. The summed E-state index contributed by atoms with van der Waals surface area (Å²) in [6.45, 7) is 3.32. The zero-order valence-electron chi connectivity index (χ0n) is 10.2. The van der Waals surface area contributed by atoms with E-state index in [-0.39, 0.29) is 5.91 Å². The minimum absolute atomic E-state index is 0.0669. The number of nitrogens with zero attached hydrogens (tertiary/aromatic N) is 1. The third kappa shape index (κ3) is 3.04. The van der Waals surface area contributed by atoms with Crippen molar-refractivity contribution in [1.82, 2.24) is 4.90 Å². The van der Waals surface area contributed by atoms with E-state index in [2.05, 4.69) is 0 Å². The zero-order valence-corrected chi connectivity index (χ0v) is 11.0. The van der Waals surface area contributed by atoms with Gasteiger partial charge in [0.05, 0.1) is 13.2 Å². The summed E-state index contributed by atoms with van der Waals surface area (Å²) in [5.41, 5.74) is 1.17. The van der Waals surface area contributed by atoms with Crippen molar-refractivity contribution in [1.29, 1.82) is 0 Å². The average Bonchev–Trinajstić information content (AvgIpc) is 2.38. The van der Waals surface area contributed by atoms with Gasteiger partial charge in [-0.05, 0) is 17.6 Å². The Morgan fingerprint density at radius 2 is 2.06 bits per heavy atom. The molecule has 0 aromatic heterocycles. The Bertz CT molecular complexity index is 447. The van der Waals surface area contributed by atoms with Gasteiger partial charge in [0.15, 0.2) is 0 Å². The van der Waals surface area contributed by atoms with Crippen LogP contribution in [0.2, 0.25) is 11.8 Å². The summed E-state index contributed by atoms with van der Waals surface area (Å²) in [6, 6.07) is 4.99. The van der Waals surface area contributed by atoms with Crippen LogP contribution in [-0.2, 0) is 4.74 Å². The monoisotopic (exact) mass is 267 g/mol. The minimum atomic E-state index is -0.639. The van der Waals surface area contributed by atoms with Crippen molar-refractivity contribution in [2.24, 2.45) is 0 Å². The molecule has 0 atom stereocenters. The van der Waals surface area contributed by atoms with Gasteiger partial charge in [0, 0.05) is 23.7 Å². The molecule has 1 aliphatic rings. The summed E-state index contributed by atoms with van der Waals surface area (Å²) in [7, 11) is 0. The molecule has 1 aromatic carbocycles.